The van der Waals surface area contributed by atoms with Gasteiger partial charge in [0.25, 0.3) is 0 Å². The maximum Gasteiger partial charge on any atom is 0.223 e. The molecule has 6 rings (SSSR count). The number of allylic oxidation sites excluding steroid dienone is 2. The molecule has 30 heavy (non-hydrogen) atoms. The fourth-order valence-electron chi connectivity index (χ4n) is 5.34. The molecule has 0 radical (unpaired) electrons. The molecule has 4 N–H and O–H groups in total. The van der Waals surface area contributed by atoms with Crippen LogP contribution in [0.3, 0.4) is 0 Å². The van der Waals surface area contributed by atoms with E-state index in [-0.39, 0.29) is 23.8 Å². The maximum atomic E-state index is 12.1. The van der Waals surface area contributed by atoms with Crippen molar-refractivity contribution in [3.05, 3.63) is 71.3 Å². The van der Waals surface area contributed by atoms with E-state index in [9.17, 15) is 4.79 Å². The normalized spacial score (nSPS) is 25.9. The third-order valence-corrected chi connectivity index (χ3v) is 6.74. The van der Waals surface area contributed by atoms with Gasteiger partial charge in [0, 0.05) is 36.2 Å². The monoisotopic (exact) mass is 397 g/mol. The van der Waals surface area contributed by atoms with E-state index in [1.54, 1.807) is 0 Å². The zero-order valence-corrected chi connectivity index (χ0v) is 16.5. The molecule has 6 nitrogen and oxygen atoms in total. The molecule has 1 amide bonds. The largest absolute Gasteiger partial charge is 0.369 e. The number of rotatable bonds is 5. The summed E-state index contributed by atoms with van der Waals surface area (Å²) in [6.45, 7) is 0. The Kier molecular flexibility index (Phi) is 3.81. The van der Waals surface area contributed by atoms with Crippen LogP contribution in [-0.2, 0) is 17.6 Å². The van der Waals surface area contributed by atoms with Crippen LogP contribution in [-0.4, -0.2) is 26.9 Å². The standard InChI is InChI=1S/C24H23N5O/c25-23(30)21-15-5-6-16(12-15)22(21)29-24-17-2-1-3-19(17)27-20(28-24)11-13-4-7-18-14(10-13)8-9-26-18/h1-2,4-10,15-16,21-22,26H,3,11-12H2,(H2,25,30)(H,27,28,29). The predicted octanol–water partition coefficient (Wildman–Crippen LogP) is 3.21. The molecule has 2 aromatic heterocycles. The van der Waals surface area contributed by atoms with Crippen LogP contribution < -0.4 is 11.1 Å². The number of amides is 1. The van der Waals surface area contributed by atoms with Crippen molar-refractivity contribution in [1.29, 1.82) is 0 Å². The number of aromatic nitrogens is 3. The molecule has 4 atom stereocenters. The molecule has 3 aliphatic carbocycles. The molecule has 6 heteroatoms. The molecule has 1 aromatic carbocycles. The summed E-state index contributed by atoms with van der Waals surface area (Å²) < 4.78 is 0. The molecule has 4 unspecified atom stereocenters. The minimum absolute atomic E-state index is 0.00504. The highest BCUT2D eigenvalue weighted by Gasteiger charge is 2.47. The maximum absolute atomic E-state index is 12.1. The average molecular weight is 397 g/mol. The van der Waals surface area contributed by atoms with Crippen LogP contribution in [0.5, 0.6) is 0 Å². The zero-order chi connectivity index (χ0) is 20.2. The van der Waals surface area contributed by atoms with Gasteiger partial charge in [0.1, 0.15) is 11.6 Å². The number of nitrogens with one attached hydrogen (secondary N) is 2. The summed E-state index contributed by atoms with van der Waals surface area (Å²) in [5.41, 5.74) is 10.1. The smallest absolute Gasteiger partial charge is 0.223 e. The van der Waals surface area contributed by atoms with Crippen molar-refractivity contribution in [2.75, 3.05) is 5.32 Å². The highest BCUT2D eigenvalue weighted by atomic mass is 16.1. The van der Waals surface area contributed by atoms with E-state index in [0.717, 1.165) is 41.3 Å². The Balaban J connectivity index is 1.33. The number of carbonyl (C=O) groups is 1. The molecular formula is C24H23N5O. The van der Waals surface area contributed by atoms with Gasteiger partial charge in [-0.15, -0.1) is 0 Å². The number of nitrogens with two attached hydrogens (primary N) is 1. The van der Waals surface area contributed by atoms with Crippen molar-refractivity contribution < 1.29 is 4.79 Å². The van der Waals surface area contributed by atoms with Crippen molar-refractivity contribution in [1.82, 2.24) is 15.0 Å². The Hall–Kier alpha value is -3.41. The van der Waals surface area contributed by atoms with Crippen LogP contribution in [0.4, 0.5) is 5.82 Å². The Morgan fingerprint density at radius 3 is 3.00 bits per heavy atom. The lowest BCUT2D eigenvalue weighted by molar-refractivity contribution is -0.122. The first-order valence-electron chi connectivity index (χ1n) is 10.5. The summed E-state index contributed by atoms with van der Waals surface area (Å²) in [7, 11) is 0. The van der Waals surface area contributed by atoms with Crippen molar-refractivity contribution in [2.24, 2.45) is 23.5 Å². The van der Waals surface area contributed by atoms with Crippen LogP contribution in [0.1, 0.15) is 29.1 Å². The molecule has 1 saturated carbocycles. The highest BCUT2D eigenvalue weighted by molar-refractivity contribution is 5.81. The van der Waals surface area contributed by atoms with Crippen molar-refractivity contribution >= 4 is 28.7 Å². The lowest BCUT2D eigenvalue weighted by atomic mass is 9.88. The summed E-state index contributed by atoms with van der Waals surface area (Å²) in [5, 5.41) is 4.78. The molecule has 0 spiro atoms. The quantitative estimate of drug-likeness (QED) is 0.576. The van der Waals surface area contributed by atoms with Gasteiger partial charge in [-0.2, -0.15) is 0 Å². The number of benzene rings is 1. The van der Waals surface area contributed by atoms with E-state index < -0.39 is 0 Å². The molecular weight excluding hydrogens is 374 g/mol. The molecule has 3 aliphatic rings. The van der Waals surface area contributed by atoms with Gasteiger partial charge in [0.15, 0.2) is 0 Å². The molecule has 0 aliphatic heterocycles. The lowest BCUT2D eigenvalue weighted by Crippen LogP contribution is -2.41. The Morgan fingerprint density at radius 1 is 1.20 bits per heavy atom. The SMILES string of the molecule is NC(=O)C1C2C=CC(C2)C1Nc1nc(Cc2ccc3[nH]ccc3c2)nc2c1C=CC2. The summed E-state index contributed by atoms with van der Waals surface area (Å²) in [4.78, 5) is 25.1. The molecule has 3 aromatic rings. The minimum Gasteiger partial charge on any atom is -0.369 e. The van der Waals surface area contributed by atoms with Gasteiger partial charge >= 0.3 is 0 Å². The molecule has 1 fully saturated rings. The first-order valence-corrected chi connectivity index (χ1v) is 10.5. The van der Waals surface area contributed by atoms with E-state index in [2.05, 4.69) is 58.9 Å². The van der Waals surface area contributed by atoms with Crippen LogP contribution in [0.15, 0.2) is 48.7 Å². The van der Waals surface area contributed by atoms with Gasteiger partial charge < -0.3 is 16.0 Å². The fraction of sp³-hybridized carbons (Fsp3) is 0.292. The first-order chi connectivity index (χ1) is 14.7. The number of H-pyrrole nitrogens is 1. The number of fused-ring (bicyclic) bond motifs is 4. The van der Waals surface area contributed by atoms with Crippen molar-refractivity contribution in [3.8, 4) is 0 Å². The topological polar surface area (TPSA) is 96.7 Å². The fourth-order valence-corrected chi connectivity index (χ4v) is 5.34. The van der Waals surface area contributed by atoms with E-state index in [1.807, 2.05) is 6.20 Å². The van der Waals surface area contributed by atoms with Gasteiger partial charge in [0.05, 0.1) is 11.6 Å². The van der Waals surface area contributed by atoms with Gasteiger partial charge in [-0.1, -0.05) is 30.4 Å². The number of primary amides is 1. The van der Waals surface area contributed by atoms with Crippen molar-refractivity contribution in [2.45, 2.75) is 25.3 Å². The number of carbonyl (C=O) groups excluding carboxylic acids is 1. The highest BCUT2D eigenvalue weighted by Crippen LogP contribution is 2.45. The summed E-state index contributed by atoms with van der Waals surface area (Å²) in [5.74, 6) is 1.76. The van der Waals surface area contributed by atoms with Gasteiger partial charge in [-0.25, -0.2) is 9.97 Å². The molecule has 2 heterocycles. The third kappa shape index (κ3) is 2.75. The second-order valence-corrected chi connectivity index (χ2v) is 8.58. The van der Waals surface area contributed by atoms with E-state index >= 15 is 0 Å². The van der Waals surface area contributed by atoms with Crippen LogP contribution in [0, 0.1) is 17.8 Å². The van der Waals surface area contributed by atoms with Crippen LogP contribution >= 0.6 is 0 Å². The minimum atomic E-state index is -0.231. The summed E-state index contributed by atoms with van der Waals surface area (Å²) in [6, 6.07) is 8.46. The lowest BCUT2D eigenvalue weighted by Gasteiger charge is -2.28. The number of hydrogen-bond acceptors (Lipinski definition) is 4. The van der Waals surface area contributed by atoms with E-state index in [1.165, 1.54) is 10.9 Å². The Labute approximate surface area is 174 Å². The first kappa shape index (κ1) is 17.4. The van der Waals surface area contributed by atoms with E-state index in [4.69, 9.17) is 15.7 Å². The van der Waals surface area contributed by atoms with Gasteiger partial charge in [-0.3, -0.25) is 4.79 Å². The molecule has 0 saturated heterocycles. The zero-order valence-electron chi connectivity index (χ0n) is 16.5. The second kappa shape index (κ2) is 6.55. The Bertz CT molecular complexity index is 1220. The van der Waals surface area contributed by atoms with Gasteiger partial charge in [-0.05, 0) is 47.4 Å². The number of nitrogens with zero attached hydrogens (tertiary/aromatic N) is 2. The number of anilines is 1. The Morgan fingerprint density at radius 2 is 2.10 bits per heavy atom. The molecule has 2 bridgehead atoms. The van der Waals surface area contributed by atoms with E-state index in [0.29, 0.717) is 12.3 Å². The van der Waals surface area contributed by atoms with Gasteiger partial charge in [0.2, 0.25) is 5.91 Å². The van der Waals surface area contributed by atoms with Crippen LogP contribution in [0.2, 0.25) is 0 Å². The predicted molar refractivity (Wildman–Crippen MR) is 117 cm³/mol. The van der Waals surface area contributed by atoms with Crippen LogP contribution in [0.25, 0.3) is 17.0 Å². The van der Waals surface area contributed by atoms with Crippen molar-refractivity contribution in [3.63, 3.8) is 0 Å². The molecule has 150 valence electrons. The number of aromatic amines is 1. The third-order valence-electron chi connectivity index (χ3n) is 6.74. The number of hydrogen-bond donors (Lipinski definition) is 3. The summed E-state index contributed by atoms with van der Waals surface area (Å²) in [6.07, 6.45) is 13.0. The average Bonchev–Trinajstić information content (AvgIpc) is 3.50. The summed E-state index contributed by atoms with van der Waals surface area (Å²) >= 11 is 0. The second-order valence-electron chi connectivity index (χ2n) is 8.58.